The molecule has 176 valence electrons. The van der Waals surface area contributed by atoms with Crippen molar-refractivity contribution in [3.05, 3.63) is 70.4 Å². The van der Waals surface area contributed by atoms with E-state index in [1.165, 1.54) is 6.07 Å². The standard InChI is InChI=1S/C24H32N6O3/c1-18(2)17-33-24(32)26-20-8-5-7-19(13-20)14-22-23(31)9-12-30(27-22)21-15-25-29(16-21)11-6-10-28(3)4/h5,7-9,12-13,15-16,18H,6,10-11,14,17H2,1-4H3,(H,26,32). The molecule has 0 aliphatic carbocycles. The minimum absolute atomic E-state index is 0.140. The molecular formula is C24H32N6O3. The molecule has 9 nitrogen and oxygen atoms in total. The average Bonchev–Trinajstić information content (AvgIpc) is 3.23. The number of hydrogen-bond acceptors (Lipinski definition) is 6. The van der Waals surface area contributed by atoms with Gasteiger partial charge in [-0.25, -0.2) is 9.48 Å². The number of benzene rings is 1. The van der Waals surface area contributed by atoms with Crippen molar-refractivity contribution >= 4 is 11.8 Å². The summed E-state index contributed by atoms with van der Waals surface area (Å²) in [6, 6.07) is 8.83. The summed E-state index contributed by atoms with van der Waals surface area (Å²) in [5.74, 6) is 0.263. The lowest BCUT2D eigenvalue weighted by Crippen LogP contribution is -2.17. The normalized spacial score (nSPS) is 11.2. The molecule has 3 rings (SSSR count). The number of nitrogens with zero attached hydrogens (tertiary/aromatic N) is 5. The fourth-order valence-corrected chi connectivity index (χ4v) is 3.20. The van der Waals surface area contributed by atoms with E-state index in [0.29, 0.717) is 24.4 Å². The Morgan fingerprint density at radius 1 is 1.24 bits per heavy atom. The van der Waals surface area contributed by atoms with Gasteiger partial charge in [0.05, 0.1) is 19.0 Å². The smallest absolute Gasteiger partial charge is 0.411 e. The van der Waals surface area contributed by atoms with Crippen LogP contribution >= 0.6 is 0 Å². The number of aryl methyl sites for hydroxylation is 1. The molecule has 2 aromatic heterocycles. The van der Waals surface area contributed by atoms with Gasteiger partial charge in [-0.1, -0.05) is 26.0 Å². The van der Waals surface area contributed by atoms with Crippen molar-refractivity contribution in [2.24, 2.45) is 5.92 Å². The Morgan fingerprint density at radius 2 is 2.06 bits per heavy atom. The Kier molecular flexibility index (Phi) is 8.37. The molecule has 1 N–H and O–H groups in total. The Morgan fingerprint density at radius 3 is 2.82 bits per heavy atom. The van der Waals surface area contributed by atoms with Gasteiger partial charge in [-0.15, -0.1) is 0 Å². The van der Waals surface area contributed by atoms with Gasteiger partial charge in [0.25, 0.3) is 0 Å². The van der Waals surface area contributed by atoms with Crippen LogP contribution in [0.25, 0.3) is 5.69 Å². The van der Waals surface area contributed by atoms with Gasteiger partial charge in [0, 0.05) is 30.9 Å². The highest BCUT2D eigenvalue weighted by atomic mass is 16.5. The number of rotatable bonds is 10. The summed E-state index contributed by atoms with van der Waals surface area (Å²) < 4.78 is 8.71. The minimum atomic E-state index is -0.497. The first kappa shape index (κ1) is 24.2. The molecule has 0 aliphatic rings. The van der Waals surface area contributed by atoms with Crippen molar-refractivity contribution in [2.75, 3.05) is 32.6 Å². The average molecular weight is 453 g/mol. The third-order valence-electron chi connectivity index (χ3n) is 4.85. The molecule has 9 heteroatoms. The molecule has 3 aromatic rings. The highest BCUT2D eigenvalue weighted by molar-refractivity contribution is 5.84. The summed E-state index contributed by atoms with van der Waals surface area (Å²) in [5, 5.41) is 11.7. The van der Waals surface area contributed by atoms with Crippen LogP contribution in [-0.2, 0) is 17.7 Å². The van der Waals surface area contributed by atoms with Crippen LogP contribution in [0.15, 0.2) is 53.7 Å². The lowest BCUT2D eigenvalue weighted by atomic mass is 10.1. The van der Waals surface area contributed by atoms with Crippen molar-refractivity contribution < 1.29 is 9.53 Å². The third-order valence-corrected chi connectivity index (χ3v) is 4.85. The van der Waals surface area contributed by atoms with Gasteiger partial charge in [0.2, 0.25) is 5.43 Å². The summed E-state index contributed by atoms with van der Waals surface area (Å²) in [6.45, 7) is 6.10. The molecule has 1 aromatic carbocycles. The second kappa shape index (κ2) is 11.4. The van der Waals surface area contributed by atoms with Crippen molar-refractivity contribution in [1.82, 2.24) is 24.5 Å². The van der Waals surface area contributed by atoms with Crippen LogP contribution < -0.4 is 10.7 Å². The molecule has 0 radical (unpaired) electrons. The Balaban J connectivity index is 1.69. The molecule has 0 atom stereocenters. The van der Waals surface area contributed by atoms with E-state index in [2.05, 4.69) is 20.4 Å². The number of carbonyl (C=O) groups is 1. The second-order valence-corrected chi connectivity index (χ2v) is 8.68. The first-order chi connectivity index (χ1) is 15.8. The van der Waals surface area contributed by atoms with Crippen LogP contribution in [-0.4, -0.2) is 57.8 Å². The van der Waals surface area contributed by atoms with E-state index in [0.717, 1.165) is 30.8 Å². The van der Waals surface area contributed by atoms with E-state index < -0.39 is 6.09 Å². The van der Waals surface area contributed by atoms with E-state index in [-0.39, 0.29) is 11.3 Å². The molecule has 0 spiro atoms. The van der Waals surface area contributed by atoms with Crippen LogP contribution in [0.2, 0.25) is 0 Å². The monoisotopic (exact) mass is 452 g/mol. The van der Waals surface area contributed by atoms with Crippen LogP contribution in [0.3, 0.4) is 0 Å². The van der Waals surface area contributed by atoms with Crippen molar-refractivity contribution in [3.63, 3.8) is 0 Å². The molecule has 33 heavy (non-hydrogen) atoms. The molecule has 2 heterocycles. The van der Waals surface area contributed by atoms with E-state index >= 15 is 0 Å². The zero-order valence-electron chi connectivity index (χ0n) is 19.7. The number of amides is 1. The maximum absolute atomic E-state index is 12.4. The van der Waals surface area contributed by atoms with Gasteiger partial charge >= 0.3 is 6.09 Å². The lowest BCUT2D eigenvalue weighted by molar-refractivity contribution is 0.147. The van der Waals surface area contributed by atoms with Crippen molar-refractivity contribution in [3.8, 4) is 5.69 Å². The molecule has 0 bridgehead atoms. The Hall–Kier alpha value is -3.46. The van der Waals surface area contributed by atoms with E-state index in [1.54, 1.807) is 23.1 Å². The SMILES string of the molecule is CC(C)COC(=O)Nc1cccc(Cc2nn(-c3cnn(CCCN(C)C)c3)ccc2=O)c1. The number of anilines is 1. The van der Waals surface area contributed by atoms with E-state index in [4.69, 9.17) is 4.74 Å². The van der Waals surface area contributed by atoms with Gasteiger partial charge in [-0.2, -0.15) is 10.2 Å². The highest BCUT2D eigenvalue weighted by Crippen LogP contribution is 2.14. The topological polar surface area (TPSA) is 94.3 Å². The summed E-state index contributed by atoms with van der Waals surface area (Å²) >= 11 is 0. The van der Waals surface area contributed by atoms with Crippen molar-refractivity contribution in [1.29, 1.82) is 0 Å². The summed E-state index contributed by atoms with van der Waals surface area (Å²) in [7, 11) is 4.09. The largest absolute Gasteiger partial charge is 0.449 e. The molecule has 0 fully saturated rings. The minimum Gasteiger partial charge on any atom is -0.449 e. The van der Waals surface area contributed by atoms with E-state index in [1.807, 2.05) is 57.0 Å². The predicted octanol–water partition coefficient (Wildman–Crippen LogP) is 3.18. The fraction of sp³-hybridized carbons (Fsp3) is 0.417. The van der Waals surface area contributed by atoms with Crippen LogP contribution in [0.5, 0.6) is 0 Å². The number of carbonyl (C=O) groups excluding carboxylic acids is 1. The van der Waals surface area contributed by atoms with Gasteiger partial charge in [0.15, 0.2) is 0 Å². The molecule has 1 amide bonds. The fourth-order valence-electron chi connectivity index (χ4n) is 3.20. The lowest BCUT2D eigenvalue weighted by Gasteiger charge is -2.10. The highest BCUT2D eigenvalue weighted by Gasteiger charge is 2.09. The molecule has 0 saturated carbocycles. The number of hydrogen-bond donors (Lipinski definition) is 1. The van der Waals surface area contributed by atoms with Gasteiger partial charge < -0.3 is 9.64 Å². The molecule has 0 unspecified atom stereocenters. The van der Waals surface area contributed by atoms with Gasteiger partial charge in [0.1, 0.15) is 11.4 Å². The van der Waals surface area contributed by atoms with Crippen molar-refractivity contribution in [2.45, 2.75) is 33.2 Å². The quantitative estimate of drug-likeness (QED) is 0.508. The van der Waals surface area contributed by atoms with Crippen LogP contribution in [0.1, 0.15) is 31.5 Å². The summed E-state index contributed by atoms with van der Waals surface area (Å²) in [6.07, 6.45) is 6.15. The Labute approximate surface area is 194 Å². The number of ether oxygens (including phenoxy) is 1. The van der Waals surface area contributed by atoms with Gasteiger partial charge in [-0.05, 0) is 50.7 Å². The number of aromatic nitrogens is 4. The summed E-state index contributed by atoms with van der Waals surface area (Å²) in [4.78, 5) is 26.5. The zero-order chi connectivity index (χ0) is 23.8. The van der Waals surface area contributed by atoms with Crippen LogP contribution in [0.4, 0.5) is 10.5 Å². The first-order valence-corrected chi connectivity index (χ1v) is 11.1. The first-order valence-electron chi connectivity index (χ1n) is 11.1. The van der Waals surface area contributed by atoms with E-state index in [9.17, 15) is 9.59 Å². The maximum Gasteiger partial charge on any atom is 0.411 e. The third kappa shape index (κ3) is 7.57. The predicted molar refractivity (Wildman–Crippen MR) is 128 cm³/mol. The second-order valence-electron chi connectivity index (χ2n) is 8.68. The Bertz CT molecular complexity index is 1120. The molecule has 0 saturated heterocycles. The molecule has 0 aliphatic heterocycles. The maximum atomic E-state index is 12.4. The number of nitrogens with one attached hydrogen (secondary N) is 1. The molecular weight excluding hydrogens is 420 g/mol. The summed E-state index contributed by atoms with van der Waals surface area (Å²) in [5.41, 5.74) is 2.54. The van der Waals surface area contributed by atoms with Crippen LogP contribution in [0, 0.1) is 5.92 Å². The van der Waals surface area contributed by atoms with Gasteiger partial charge in [-0.3, -0.25) is 14.8 Å². The zero-order valence-corrected chi connectivity index (χ0v) is 19.7.